The van der Waals surface area contributed by atoms with Gasteiger partial charge in [0.15, 0.2) is 0 Å². The zero-order valence-electron chi connectivity index (χ0n) is 10.4. The molecule has 0 fully saturated rings. The highest BCUT2D eigenvalue weighted by atomic mass is 16.6. The molecule has 7 nitrogen and oxygen atoms in total. The lowest BCUT2D eigenvalue weighted by Crippen LogP contribution is -2.23. The molecule has 2 N–H and O–H groups in total. The van der Waals surface area contributed by atoms with Gasteiger partial charge in [-0.2, -0.15) is 0 Å². The second-order valence-corrected chi connectivity index (χ2v) is 4.14. The van der Waals surface area contributed by atoms with E-state index in [0.29, 0.717) is 13.1 Å². The summed E-state index contributed by atoms with van der Waals surface area (Å²) in [6, 6.07) is 4.48. The van der Waals surface area contributed by atoms with Gasteiger partial charge in [0.1, 0.15) is 5.69 Å². The van der Waals surface area contributed by atoms with Gasteiger partial charge in [-0.1, -0.05) is 6.07 Å². The number of benzene rings is 1. The molecular weight excluding hydrogens is 248 g/mol. The maximum atomic E-state index is 11.9. The number of nitrogen functional groups attached to an aromatic ring is 1. The molecular formula is C12H14N4O3. The number of rotatable bonds is 4. The monoisotopic (exact) mass is 262 g/mol. The molecule has 100 valence electrons. The quantitative estimate of drug-likeness (QED) is 0.508. The van der Waals surface area contributed by atoms with Crippen molar-refractivity contribution in [2.75, 3.05) is 5.73 Å². The Hall–Kier alpha value is -2.57. The highest BCUT2D eigenvalue weighted by Gasteiger charge is 2.11. The zero-order chi connectivity index (χ0) is 14.0. The fourth-order valence-electron chi connectivity index (χ4n) is 1.88. The van der Waals surface area contributed by atoms with Crippen molar-refractivity contribution in [3.8, 4) is 0 Å². The molecule has 2 rings (SSSR count). The minimum atomic E-state index is -0.529. The van der Waals surface area contributed by atoms with Crippen molar-refractivity contribution >= 4 is 11.4 Å². The lowest BCUT2D eigenvalue weighted by molar-refractivity contribution is -0.383. The molecule has 2 aromatic rings. The molecule has 0 saturated heterocycles. The smallest absolute Gasteiger partial charge is 0.328 e. The molecule has 0 aliphatic heterocycles. The van der Waals surface area contributed by atoms with Crippen LogP contribution in [0.2, 0.25) is 0 Å². The number of hydrogen-bond acceptors (Lipinski definition) is 4. The van der Waals surface area contributed by atoms with E-state index in [4.69, 9.17) is 5.73 Å². The summed E-state index contributed by atoms with van der Waals surface area (Å²) >= 11 is 0. The van der Waals surface area contributed by atoms with Crippen LogP contribution in [0.3, 0.4) is 0 Å². The number of nitrogens with zero attached hydrogens (tertiary/aromatic N) is 3. The molecule has 0 atom stereocenters. The highest BCUT2D eigenvalue weighted by molar-refractivity contribution is 5.59. The van der Waals surface area contributed by atoms with E-state index in [1.807, 2.05) is 6.92 Å². The third kappa shape index (κ3) is 2.49. The molecule has 0 unspecified atom stereocenters. The van der Waals surface area contributed by atoms with Gasteiger partial charge in [-0.05, 0) is 18.6 Å². The minimum absolute atomic E-state index is 0.102. The van der Waals surface area contributed by atoms with Crippen LogP contribution in [0.1, 0.15) is 12.5 Å². The number of nitro benzene ring substituents is 1. The van der Waals surface area contributed by atoms with Crippen molar-refractivity contribution in [2.24, 2.45) is 0 Å². The molecule has 0 aliphatic carbocycles. The van der Waals surface area contributed by atoms with Crippen LogP contribution in [0.15, 0.2) is 35.4 Å². The van der Waals surface area contributed by atoms with E-state index in [1.54, 1.807) is 23.0 Å². The number of anilines is 1. The van der Waals surface area contributed by atoms with Gasteiger partial charge in [0.2, 0.25) is 0 Å². The fourth-order valence-corrected chi connectivity index (χ4v) is 1.88. The first-order chi connectivity index (χ1) is 9.02. The average molecular weight is 262 g/mol. The van der Waals surface area contributed by atoms with Crippen LogP contribution in [0, 0.1) is 10.1 Å². The predicted molar refractivity (Wildman–Crippen MR) is 71.0 cm³/mol. The summed E-state index contributed by atoms with van der Waals surface area (Å²) in [5.74, 6) is 0. The molecule has 1 heterocycles. The Kier molecular flexibility index (Phi) is 3.37. The molecule has 7 heteroatoms. The van der Waals surface area contributed by atoms with E-state index in [-0.39, 0.29) is 17.1 Å². The van der Waals surface area contributed by atoms with E-state index in [2.05, 4.69) is 0 Å². The number of aromatic nitrogens is 2. The Morgan fingerprint density at radius 3 is 2.53 bits per heavy atom. The van der Waals surface area contributed by atoms with Crippen molar-refractivity contribution in [3.05, 3.63) is 56.8 Å². The third-order valence-corrected chi connectivity index (χ3v) is 2.90. The average Bonchev–Trinajstić information content (AvgIpc) is 2.70. The summed E-state index contributed by atoms with van der Waals surface area (Å²) in [4.78, 5) is 22.0. The summed E-state index contributed by atoms with van der Waals surface area (Å²) in [5, 5.41) is 10.7. The van der Waals surface area contributed by atoms with E-state index < -0.39 is 4.92 Å². The number of nitro groups is 1. The number of nitrogens with two attached hydrogens (primary N) is 1. The largest absolute Gasteiger partial charge is 0.393 e. The predicted octanol–water partition coefficient (Wildman–Crippen LogP) is 1.21. The Bertz CT molecular complexity index is 672. The lowest BCUT2D eigenvalue weighted by atomic mass is 10.2. The van der Waals surface area contributed by atoms with Crippen LogP contribution < -0.4 is 11.4 Å². The molecule has 0 spiro atoms. The first kappa shape index (κ1) is 12.9. The summed E-state index contributed by atoms with van der Waals surface area (Å²) in [7, 11) is 0. The Morgan fingerprint density at radius 2 is 2.00 bits per heavy atom. The van der Waals surface area contributed by atoms with Crippen LogP contribution in [0.5, 0.6) is 0 Å². The molecule has 1 aromatic carbocycles. The van der Waals surface area contributed by atoms with Gasteiger partial charge < -0.3 is 5.73 Å². The van der Waals surface area contributed by atoms with E-state index >= 15 is 0 Å². The maximum absolute atomic E-state index is 11.9. The van der Waals surface area contributed by atoms with Crippen LogP contribution in [0.4, 0.5) is 11.4 Å². The van der Waals surface area contributed by atoms with Crippen molar-refractivity contribution in [3.63, 3.8) is 0 Å². The zero-order valence-corrected chi connectivity index (χ0v) is 10.4. The molecule has 19 heavy (non-hydrogen) atoms. The van der Waals surface area contributed by atoms with Crippen LogP contribution in [-0.2, 0) is 13.1 Å². The van der Waals surface area contributed by atoms with Crippen LogP contribution >= 0.6 is 0 Å². The first-order valence-corrected chi connectivity index (χ1v) is 5.81. The van der Waals surface area contributed by atoms with Gasteiger partial charge in [0, 0.05) is 25.0 Å². The van der Waals surface area contributed by atoms with Gasteiger partial charge in [0.05, 0.1) is 11.5 Å². The van der Waals surface area contributed by atoms with Crippen molar-refractivity contribution in [1.29, 1.82) is 0 Å². The third-order valence-electron chi connectivity index (χ3n) is 2.90. The molecule has 0 aliphatic rings. The SMILES string of the molecule is CCn1ccn(Cc2ccc([N+](=O)[O-])c(N)c2)c1=O. The van der Waals surface area contributed by atoms with Gasteiger partial charge in [-0.15, -0.1) is 0 Å². The number of aryl methyl sites for hydroxylation is 1. The summed E-state index contributed by atoms with van der Waals surface area (Å²) < 4.78 is 3.11. The topological polar surface area (TPSA) is 96.1 Å². The summed E-state index contributed by atoms with van der Waals surface area (Å²) in [6.45, 7) is 2.83. The highest BCUT2D eigenvalue weighted by Crippen LogP contribution is 2.22. The summed E-state index contributed by atoms with van der Waals surface area (Å²) in [5.41, 5.74) is 6.23. The van der Waals surface area contributed by atoms with Gasteiger partial charge in [0.25, 0.3) is 5.69 Å². The van der Waals surface area contributed by atoms with Gasteiger partial charge in [-0.25, -0.2) is 4.79 Å². The fraction of sp³-hybridized carbons (Fsp3) is 0.250. The van der Waals surface area contributed by atoms with E-state index in [9.17, 15) is 14.9 Å². The molecule has 0 saturated carbocycles. The Morgan fingerprint density at radius 1 is 1.32 bits per heavy atom. The van der Waals surface area contributed by atoms with E-state index in [1.165, 1.54) is 16.7 Å². The standard InChI is InChI=1S/C12H14N4O3/c1-2-14-5-6-15(12(14)17)8-9-3-4-11(16(18)19)10(13)7-9/h3-7H,2,8,13H2,1H3. The number of hydrogen-bond donors (Lipinski definition) is 1. The second-order valence-electron chi connectivity index (χ2n) is 4.14. The maximum Gasteiger partial charge on any atom is 0.328 e. The Labute approximate surface area is 109 Å². The first-order valence-electron chi connectivity index (χ1n) is 5.81. The van der Waals surface area contributed by atoms with Crippen molar-refractivity contribution in [1.82, 2.24) is 9.13 Å². The number of imidazole rings is 1. The second kappa shape index (κ2) is 4.97. The van der Waals surface area contributed by atoms with Crippen LogP contribution in [0.25, 0.3) is 0 Å². The van der Waals surface area contributed by atoms with Crippen LogP contribution in [-0.4, -0.2) is 14.1 Å². The van der Waals surface area contributed by atoms with Gasteiger partial charge in [-0.3, -0.25) is 19.2 Å². The van der Waals surface area contributed by atoms with Gasteiger partial charge >= 0.3 is 5.69 Å². The normalized spacial score (nSPS) is 10.6. The summed E-state index contributed by atoms with van der Waals surface area (Å²) in [6.07, 6.45) is 3.39. The molecule has 0 radical (unpaired) electrons. The lowest BCUT2D eigenvalue weighted by Gasteiger charge is -2.04. The van der Waals surface area contributed by atoms with E-state index in [0.717, 1.165) is 5.56 Å². The molecule has 1 aromatic heterocycles. The minimum Gasteiger partial charge on any atom is -0.393 e. The van der Waals surface area contributed by atoms with Crippen molar-refractivity contribution < 1.29 is 4.92 Å². The molecule has 0 amide bonds. The molecule has 0 bridgehead atoms. The van der Waals surface area contributed by atoms with Crippen molar-refractivity contribution in [2.45, 2.75) is 20.0 Å². The Balaban J connectivity index is 2.29.